The number of aliphatic hydroxyl groups is 1. The fourth-order valence-corrected chi connectivity index (χ4v) is 2.17. The van der Waals surface area contributed by atoms with E-state index in [4.69, 9.17) is 5.73 Å². The number of hydrogen-bond acceptors (Lipinski definition) is 4. The number of piperidine rings is 1. The average Bonchev–Trinajstić information content (AvgIpc) is 2.39. The van der Waals surface area contributed by atoms with Crippen molar-refractivity contribution in [2.24, 2.45) is 5.73 Å². The van der Waals surface area contributed by atoms with E-state index in [2.05, 4.69) is 9.88 Å². The van der Waals surface area contributed by atoms with Gasteiger partial charge in [-0.1, -0.05) is 6.07 Å². The van der Waals surface area contributed by atoms with Crippen molar-refractivity contribution in [3.05, 3.63) is 23.9 Å². The van der Waals surface area contributed by atoms with Gasteiger partial charge < -0.3 is 15.7 Å². The molecule has 0 radical (unpaired) electrons. The van der Waals surface area contributed by atoms with Gasteiger partial charge in [0.15, 0.2) is 0 Å². The highest BCUT2D eigenvalue weighted by Crippen LogP contribution is 2.25. The molecular weight excluding hydrogens is 202 g/mol. The molecule has 2 heterocycles. The zero-order chi connectivity index (χ0) is 11.4. The van der Waals surface area contributed by atoms with E-state index in [1.54, 1.807) is 6.20 Å². The molecule has 1 fully saturated rings. The number of nitrogens with zero attached hydrogens (tertiary/aromatic N) is 2. The van der Waals surface area contributed by atoms with Crippen LogP contribution in [-0.2, 0) is 0 Å². The molecule has 0 aromatic carbocycles. The standard InChI is InChI=1S/C12H19N3O/c13-9-11(16)10-5-4-6-14-12(10)15-7-2-1-3-8-15/h4-6,11,16H,1-3,7-9,13H2. The third kappa shape index (κ3) is 2.33. The fraction of sp³-hybridized carbons (Fsp3) is 0.583. The number of anilines is 1. The first-order chi connectivity index (χ1) is 7.83. The Labute approximate surface area is 96.1 Å². The van der Waals surface area contributed by atoms with Gasteiger partial charge in [0.1, 0.15) is 5.82 Å². The Hall–Kier alpha value is -1.13. The molecule has 4 heteroatoms. The summed E-state index contributed by atoms with van der Waals surface area (Å²) in [6.07, 6.45) is 4.86. The highest BCUT2D eigenvalue weighted by molar-refractivity contribution is 5.48. The maximum atomic E-state index is 9.85. The summed E-state index contributed by atoms with van der Waals surface area (Å²) in [5.74, 6) is 0.903. The first kappa shape index (κ1) is 11.4. The number of nitrogens with two attached hydrogens (primary N) is 1. The van der Waals surface area contributed by atoms with Crippen LogP contribution in [-0.4, -0.2) is 29.7 Å². The van der Waals surface area contributed by atoms with E-state index < -0.39 is 6.10 Å². The number of aliphatic hydroxyl groups excluding tert-OH is 1. The summed E-state index contributed by atoms with van der Waals surface area (Å²) in [5.41, 5.74) is 6.36. The summed E-state index contributed by atoms with van der Waals surface area (Å²) in [6, 6.07) is 3.76. The van der Waals surface area contributed by atoms with Crippen LogP contribution in [0.5, 0.6) is 0 Å². The molecule has 1 aromatic rings. The highest BCUT2D eigenvalue weighted by atomic mass is 16.3. The molecule has 1 saturated heterocycles. The van der Waals surface area contributed by atoms with E-state index in [9.17, 15) is 5.11 Å². The number of pyridine rings is 1. The molecule has 4 nitrogen and oxygen atoms in total. The molecule has 0 amide bonds. The van der Waals surface area contributed by atoms with Gasteiger partial charge in [-0.25, -0.2) is 4.98 Å². The van der Waals surface area contributed by atoms with Gasteiger partial charge in [-0.2, -0.15) is 0 Å². The predicted molar refractivity (Wildman–Crippen MR) is 64.3 cm³/mol. The summed E-state index contributed by atoms with van der Waals surface area (Å²) in [5, 5.41) is 9.85. The third-order valence-corrected chi connectivity index (χ3v) is 3.05. The lowest BCUT2D eigenvalue weighted by Gasteiger charge is -2.30. The van der Waals surface area contributed by atoms with Crippen molar-refractivity contribution >= 4 is 5.82 Å². The van der Waals surface area contributed by atoms with Gasteiger partial charge >= 0.3 is 0 Å². The second-order valence-corrected chi connectivity index (χ2v) is 4.22. The molecule has 2 rings (SSSR count). The SMILES string of the molecule is NCC(O)c1cccnc1N1CCCCC1. The van der Waals surface area contributed by atoms with Crippen LogP contribution in [0, 0.1) is 0 Å². The van der Waals surface area contributed by atoms with E-state index in [1.807, 2.05) is 12.1 Å². The van der Waals surface area contributed by atoms with Gasteiger partial charge in [-0.05, 0) is 25.3 Å². The van der Waals surface area contributed by atoms with E-state index in [1.165, 1.54) is 19.3 Å². The lowest BCUT2D eigenvalue weighted by molar-refractivity contribution is 0.186. The summed E-state index contributed by atoms with van der Waals surface area (Å²) < 4.78 is 0. The Balaban J connectivity index is 2.24. The Bertz CT molecular complexity index is 337. The van der Waals surface area contributed by atoms with E-state index >= 15 is 0 Å². The maximum absolute atomic E-state index is 9.85. The largest absolute Gasteiger partial charge is 0.387 e. The minimum Gasteiger partial charge on any atom is -0.387 e. The minimum absolute atomic E-state index is 0.243. The molecular formula is C12H19N3O. The van der Waals surface area contributed by atoms with Crippen LogP contribution in [0.3, 0.4) is 0 Å². The monoisotopic (exact) mass is 221 g/mol. The van der Waals surface area contributed by atoms with Crippen molar-refractivity contribution in [1.82, 2.24) is 4.98 Å². The molecule has 0 bridgehead atoms. The molecule has 0 saturated carbocycles. The van der Waals surface area contributed by atoms with Crippen LogP contribution in [0.15, 0.2) is 18.3 Å². The van der Waals surface area contributed by atoms with Crippen molar-refractivity contribution in [2.45, 2.75) is 25.4 Å². The number of aromatic nitrogens is 1. The summed E-state index contributed by atoms with van der Waals surface area (Å²) >= 11 is 0. The zero-order valence-corrected chi connectivity index (χ0v) is 9.47. The van der Waals surface area contributed by atoms with Crippen molar-refractivity contribution in [3.63, 3.8) is 0 Å². The molecule has 3 N–H and O–H groups in total. The van der Waals surface area contributed by atoms with Gasteiger partial charge in [0.25, 0.3) is 0 Å². The summed E-state index contributed by atoms with van der Waals surface area (Å²) in [6.45, 7) is 2.30. The Morgan fingerprint density at radius 2 is 2.12 bits per heavy atom. The van der Waals surface area contributed by atoms with Gasteiger partial charge in [0.2, 0.25) is 0 Å². The molecule has 1 unspecified atom stereocenters. The number of rotatable bonds is 3. The third-order valence-electron chi connectivity index (χ3n) is 3.05. The van der Waals surface area contributed by atoms with Crippen molar-refractivity contribution in [3.8, 4) is 0 Å². The topological polar surface area (TPSA) is 62.4 Å². The normalized spacial score (nSPS) is 18.5. The molecule has 1 aromatic heterocycles. The summed E-state index contributed by atoms with van der Waals surface area (Å²) in [4.78, 5) is 6.63. The Kier molecular flexibility index (Phi) is 3.74. The van der Waals surface area contributed by atoms with Crippen LogP contribution in [0.1, 0.15) is 30.9 Å². The molecule has 1 atom stereocenters. The number of hydrogen-bond donors (Lipinski definition) is 2. The minimum atomic E-state index is -0.606. The second-order valence-electron chi connectivity index (χ2n) is 4.22. The molecule has 1 aliphatic heterocycles. The van der Waals surface area contributed by atoms with Crippen LogP contribution in [0.4, 0.5) is 5.82 Å². The molecule has 0 spiro atoms. The lowest BCUT2D eigenvalue weighted by Crippen LogP contribution is -2.31. The lowest BCUT2D eigenvalue weighted by atomic mass is 10.1. The van der Waals surface area contributed by atoms with Crippen LogP contribution < -0.4 is 10.6 Å². The van der Waals surface area contributed by atoms with Gasteiger partial charge in [-0.3, -0.25) is 0 Å². The van der Waals surface area contributed by atoms with E-state index in [-0.39, 0.29) is 6.54 Å². The maximum Gasteiger partial charge on any atom is 0.134 e. The first-order valence-corrected chi connectivity index (χ1v) is 5.91. The van der Waals surface area contributed by atoms with Crippen LogP contribution in [0.2, 0.25) is 0 Å². The molecule has 0 aliphatic carbocycles. The Morgan fingerprint density at radius 3 is 2.81 bits per heavy atom. The second kappa shape index (κ2) is 5.27. The average molecular weight is 221 g/mol. The zero-order valence-electron chi connectivity index (χ0n) is 9.47. The van der Waals surface area contributed by atoms with Crippen molar-refractivity contribution < 1.29 is 5.11 Å². The van der Waals surface area contributed by atoms with Gasteiger partial charge in [0, 0.05) is 31.4 Å². The van der Waals surface area contributed by atoms with E-state index in [0.717, 1.165) is 24.5 Å². The van der Waals surface area contributed by atoms with Crippen LogP contribution in [0.25, 0.3) is 0 Å². The molecule has 88 valence electrons. The van der Waals surface area contributed by atoms with Gasteiger partial charge in [0.05, 0.1) is 6.10 Å². The van der Waals surface area contributed by atoms with Crippen molar-refractivity contribution in [2.75, 3.05) is 24.5 Å². The highest BCUT2D eigenvalue weighted by Gasteiger charge is 2.18. The quantitative estimate of drug-likeness (QED) is 0.801. The smallest absolute Gasteiger partial charge is 0.134 e. The van der Waals surface area contributed by atoms with Crippen LogP contribution >= 0.6 is 0 Å². The van der Waals surface area contributed by atoms with Gasteiger partial charge in [-0.15, -0.1) is 0 Å². The van der Waals surface area contributed by atoms with Crippen molar-refractivity contribution in [1.29, 1.82) is 0 Å². The molecule has 1 aliphatic rings. The summed E-state index contributed by atoms with van der Waals surface area (Å²) in [7, 11) is 0. The predicted octanol–water partition coefficient (Wildman–Crippen LogP) is 1.06. The first-order valence-electron chi connectivity index (χ1n) is 5.91. The fourth-order valence-electron chi connectivity index (χ4n) is 2.17. The Morgan fingerprint density at radius 1 is 1.38 bits per heavy atom. The van der Waals surface area contributed by atoms with E-state index in [0.29, 0.717) is 0 Å². The molecule has 16 heavy (non-hydrogen) atoms.